The van der Waals surface area contributed by atoms with Crippen LogP contribution in [0.2, 0.25) is 0 Å². The lowest BCUT2D eigenvalue weighted by molar-refractivity contribution is 0.0948. The SMILES string of the molecule is Cc1cc2c(Br)cccc2c(C(=O)NCCCO)n1. The van der Waals surface area contributed by atoms with Gasteiger partial charge in [-0.25, -0.2) is 4.98 Å². The number of amides is 1. The molecule has 100 valence electrons. The molecule has 1 aromatic carbocycles. The van der Waals surface area contributed by atoms with Gasteiger partial charge in [0.1, 0.15) is 5.69 Å². The van der Waals surface area contributed by atoms with Gasteiger partial charge in [0, 0.05) is 34.1 Å². The molecular formula is C14H15BrN2O2. The molecule has 0 atom stereocenters. The average molecular weight is 323 g/mol. The minimum Gasteiger partial charge on any atom is -0.396 e. The van der Waals surface area contributed by atoms with E-state index >= 15 is 0 Å². The molecule has 0 radical (unpaired) electrons. The highest BCUT2D eigenvalue weighted by molar-refractivity contribution is 9.10. The Morgan fingerprint density at radius 1 is 1.42 bits per heavy atom. The molecule has 4 nitrogen and oxygen atoms in total. The Hall–Kier alpha value is -1.46. The lowest BCUT2D eigenvalue weighted by Gasteiger charge is -2.09. The van der Waals surface area contributed by atoms with Gasteiger partial charge in [-0.3, -0.25) is 4.79 Å². The van der Waals surface area contributed by atoms with E-state index in [1.54, 1.807) is 0 Å². The summed E-state index contributed by atoms with van der Waals surface area (Å²) in [6.07, 6.45) is 0.541. The molecule has 0 aliphatic heterocycles. The molecule has 0 aliphatic carbocycles. The fourth-order valence-corrected chi connectivity index (χ4v) is 2.39. The van der Waals surface area contributed by atoms with Crippen molar-refractivity contribution in [3.63, 3.8) is 0 Å². The van der Waals surface area contributed by atoms with Crippen LogP contribution in [0, 0.1) is 6.92 Å². The Kier molecular flexibility index (Phi) is 4.50. The minimum absolute atomic E-state index is 0.0633. The van der Waals surface area contributed by atoms with Gasteiger partial charge in [-0.2, -0.15) is 0 Å². The quantitative estimate of drug-likeness (QED) is 0.850. The van der Waals surface area contributed by atoms with Crippen molar-refractivity contribution in [1.29, 1.82) is 0 Å². The summed E-state index contributed by atoms with van der Waals surface area (Å²) in [5.41, 5.74) is 1.22. The topological polar surface area (TPSA) is 62.2 Å². The number of carbonyl (C=O) groups is 1. The molecule has 19 heavy (non-hydrogen) atoms. The standard InChI is InChI=1S/C14H15BrN2O2/c1-9-8-11-10(4-2-5-12(11)15)13(17-9)14(19)16-6-3-7-18/h2,4-5,8,18H,3,6-7H2,1H3,(H,16,19). The van der Waals surface area contributed by atoms with Crippen LogP contribution in [0.15, 0.2) is 28.7 Å². The third-order valence-electron chi connectivity index (χ3n) is 2.78. The van der Waals surface area contributed by atoms with Gasteiger partial charge in [0.25, 0.3) is 5.91 Å². The second-order valence-corrected chi connectivity index (χ2v) is 5.13. The van der Waals surface area contributed by atoms with Gasteiger partial charge in [0.05, 0.1) is 0 Å². The highest BCUT2D eigenvalue weighted by atomic mass is 79.9. The smallest absolute Gasteiger partial charge is 0.270 e. The van der Waals surface area contributed by atoms with Crippen LogP contribution in [0.1, 0.15) is 22.6 Å². The van der Waals surface area contributed by atoms with Gasteiger partial charge in [0.15, 0.2) is 0 Å². The maximum absolute atomic E-state index is 12.1. The van der Waals surface area contributed by atoms with E-state index in [0.29, 0.717) is 18.7 Å². The molecule has 0 spiro atoms. The lowest BCUT2D eigenvalue weighted by Crippen LogP contribution is -2.26. The number of aryl methyl sites for hydroxylation is 1. The Bertz CT molecular complexity index is 614. The number of carbonyl (C=O) groups excluding carboxylic acids is 1. The van der Waals surface area contributed by atoms with Crippen molar-refractivity contribution in [2.24, 2.45) is 0 Å². The van der Waals surface area contributed by atoms with Gasteiger partial charge in [-0.1, -0.05) is 28.1 Å². The second kappa shape index (κ2) is 6.12. The summed E-state index contributed by atoms with van der Waals surface area (Å²) in [6.45, 7) is 2.37. The van der Waals surface area contributed by atoms with Crippen molar-refractivity contribution in [2.45, 2.75) is 13.3 Å². The van der Waals surface area contributed by atoms with Crippen LogP contribution in [0.3, 0.4) is 0 Å². The molecular weight excluding hydrogens is 308 g/mol. The Labute approximate surface area is 120 Å². The number of nitrogens with one attached hydrogen (secondary N) is 1. The average Bonchev–Trinajstić information content (AvgIpc) is 2.39. The summed E-state index contributed by atoms with van der Waals surface area (Å²) in [7, 11) is 0. The number of aliphatic hydroxyl groups is 1. The van der Waals surface area contributed by atoms with Crippen molar-refractivity contribution < 1.29 is 9.90 Å². The van der Waals surface area contributed by atoms with Gasteiger partial charge in [-0.05, 0) is 25.5 Å². The van der Waals surface area contributed by atoms with Crippen LogP contribution in [0.25, 0.3) is 10.8 Å². The van der Waals surface area contributed by atoms with Gasteiger partial charge in [0.2, 0.25) is 0 Å². The van der Waals surface area contributed by atoms with Crippen LogP contribution in [0.5, 0.6) is 0 Å². The van der Waals surface area contributed by atoms with E-state index in [1.807, 2.05) is 31.2 Å². The maximum Gasteiger partial charge on any atom is 0.270 e. The molecule has 0 saturated carbocycles. The van der Waals surface area contributed by atoms with Crippen LogP contribution in [0.4, 0.5) is 0 Å². The van der Waals surface area contributed by atoms with Crippen LogP contribution < -0.4 is 5.32 Å². The van der Waals surface area contributed by atoms with E-state index in [0.717, 1.165) is 20.9 Å². The van der Waals surface area contributed by atoms with E-state index in [1.165, 1.54) is 0 Å². The molecule has 1 heterocycles. The summed E-state index contributed by atoms with van der Waals surface area (Å²) in [5, 5.41) is 13.3. The molecule has 5 heteroatoms. The van der Waals surface area contributed by atoms with Crippen molar-refractivity contribution in [2.75, 3.05) is 13.2 Å². The largest absolute Gasteiger partial charge is 0.396 e. The molecule has 2 rings (SSSR count). The molecule has 1 amide bonds. The van der Waals surface area contributed by atoms with Crippen LogP contribution >= 0.6 is 15.9 Å². The van der Waals surface area contributed by atoms with E-state index in [-0.39, 0.29) is 12.5 Å². The summed E-state index contributed by atoms with van der Waals surface area (Å²) >= 11 is 3.49. The third kappa shape index (κ3) is 3.11. The van der Waals surface area contributed by atoms with Gasteiger partial charge in [-0.15, -0.1) is 0 Å². The summed E-state index contributed by atoms with van der Waals surface area (Å²) in [6, 6.07) is 7.65. The number of hydrogen-bond donors (Lipinski definition) is 2. The molecule has 0 fully saturated rings. The third-order valence-corrected chi connectivity index (χ3v) is 3.48. The number of aromatic nitrogens is 1. The number of aliphatic hydroxyl groups excluding tert-OH is 1. The maximum atomic E-state index is 12.1. The Morgan fingerprint density at radius 2 is 2.21 bits per heavy atom. The second-order valence-electron chi connectivity index (χ2n) is 4.28. The first-order valence-corrected chi connectivity index (χ1v) is 6.87. The molecule has 1 aromatic heterocycles. The van der Waals surface area contributed by atoms with Crippen molar-refractivity contribution >= 4 is 32.6 Å². The molecule has 0 bridgehead atoms. The molecule has 0 aliphatic rings. The number of nitrogens with zero attached hydrogens (tertiary/aromatic N) is 1. The summed E-state index contributed by atoms with van der Waals surface area (Å²) in [4.78, 5) is 16.5. The van der Waals surface area contributed by atoms with E-state index < -0.39 is 0 Å². The number of benzene rings is 1. The normalized spacial score (nSPS) is 10.7. The fraction of sp³-hybridized carbons (Fsp3) is 0.286. The highest BCUT2D eigenvalue weighted by Gasteiger charge is 2.13. The zero-order valence-corrected chi connectivity index (χ0v) is 12.2. The zero-order chi connectivity index (χ0) is 13.8. The first-order chi connectivity index (χ1) is 9.13. The number of fused-ring (bicyclic) bond motifs is 1. The summed E-state index contributed by atoms with van der Waals surface area (Å²) < 4.78 is 0.944. The molecule has 2 aromatic rings. The van der Waals surface area contributed by atoms with E-state index in [2.05, 4.69) is 26.2 Å². The van der Waals surface area contributed by atoms with Crippen molar-refractivity contribution in [3.8, 4) is 0 Å². The van der Waals surface area contributed by atoms with Crippen molar-refractivity contribution in [3.05, 3.63) is 40.1 Å². The fourth-order valence-electron chi connectivity index (χ4n) is 1.91. The number of halogens is 1. The highest BCUT2D eigenvalue weighted by Crippen LogP contribution is 2.26. The van der Waals surface area contributed by atoms with Crippen molar-refractivity contribution in [1.82, 2.24) is 10.3 Å². The minimum atomic E-state index is -0.208. The first-order valence-electron chi connectivity index (χ1n) is 6.08. The van der Waals surface area contributed by atoms with Gasteiger partial charge < -0.3 is 10.4 Å². The van der Waals surface area contributed by atoms with E-state index in [9.17, 15) is 4.79 Å². The number of pyridine rings is 1. The molecule has 0 saturated heterocycles. The Balaban J connectivity index is 2.42. The lowest BCUT2D eigenvalue weighted by atomic mass is 10.1. The predicted molar refractivity (Wildman–Crippen MR) is 78.2 cm³/mol. The predicted octanol–water partition coefficient (Wildman–Crippen LogP) is 2.42. The van der Waals surface area contributed by atoms with Gasteiger partial charge >= 0.3 is 0 Å². The first kappa shape index (κ1) is 14.0. The molecule has 2 N–H and O–H groups in total. The van der Waals surface area contributed by atoms with Crippen LogP contribution in [-0.2, 0) is 0 Å². The zero-order valence-electron chi connectivity index (χ0n) is 10.6. The monoisotopic (exact) mass is 322 g/mol. The van der Waals surface area contributed by atoms with E-state index in [4.69, 9.17) is 5.11 Å². The number of hydrogen-bond acceptors (Lipinski definition) is 3. The summed E-state index contributed by atoms with van der Waals surface area (Å²) in [5.74, 6) is -0.208. The van der Waals surface area contributed by atoms with Crippen LogP contribution in [-0.4, -0.2) is 29.1 Å². The number of rotatable bonds is 4. The molecule has 0 unspecified atom stereocenters. The Morgan fingerprint density at radius 3 is 2.95 bits per heavy atom.